The lowest BCUT2D eigenvalue weighted by Crippen LogP contribution is -2.24. The van der Waals surface area contributed by atoms with Gasteiger partial charge in [-0.3, -0.25) is 0 Å². The first-order valence-electron chi connectivity index (χ1n) is 8.61. The van der Waals surface area contributed by atoms with Gasteiger partial charge in [-0.05, 0) is 45.1 Å². The quantitative estimate of drug-likeness (QED) is 0.794. The van der Waals surface area contributed by atoms with E-state index in [0.717, 1.165) is 12.5 Å². The highest BCUT2D eigenvalue weighted by atomic mass is 32.1. The average molecular weight is 292 g/mol. The summed E-state index contributed by atoms with van der Waals surface area (Å²) in [5.74, 6) is 0.764. The van der Waals surface area contributed by atoms with Crippen LogP contribution in [0.1, 0.15) is 92.2 Å². The Kier molecular flexibility index (Phi) is 5.11. The van der Waals surface area contributed by atoms with Crippen LogP contribution in [0.25, 0.3) is 0 Å². The van der Waals surface area contributed by atoms with Crippen molar-refractivity contribution in [3.05, 3.63) is 15.6 Å². The number of hydrogen-bond donors (Lipinski definition) is 1. The summed E-state index contributed by atoms with van der Waals surface area (Å²) in [5, 5.41) is 5.19. The van der Waals surface area contributed by atoms with E-state index in [2.05, 4.69) is 12.2 Å². The number of rotatable bonds is 4. The maximum Gasteiger partial charge on any atom is 0.0962 e. The molecule has 1 heterocycles. The molecule has 3 heteroatoms. The van der Waals surface area contributed by atoms with Crippen molar-refractivity contribution in [3.63, 3.8) is 0 Å². The third-order valence-electron chi connectivity index (χ3n) is 4.81. The van der Waals surface area contributed by atoms with Gasteiger partial charge in [0.25, 0.3) is 0 Å². The second-order valence-corrected chi connectivity index (χ2v) is 7.51. The summed E-state index contributed by atoms with van der Waals surface area (Å²) in [6.07, 6.45) is 13.5. The second-order valence-electron chi connectivity index (χ2n) is 6.45. The van der Waals surface area contributed by atoms with Gasteiger partial charge in [0, 0.05) is 16.8 Å². The minimum Gasteiger partial charge on any atom is -0.309 e. The molecular weight excluding hydrogens is 264 g/mol. The highest BCUT2D eigenvalue weighted by Gasteiger charge is 2.26. The smallest absolute Gasteiger partial charge is 0.0962 e. The fraction of sp³-hybridized carbons (Fsp3) is 0.824. The van der Waals surface area contributed by atoms with Crippen LogP contribution >= 0.6 is 11.3 Å². The summed E-state index contributed by atoms with van der Waals surface area (Å²) in [7, 11) is 0. The Bertz CT molecular complexity index is 419. The van der Waals surface area contributed by atoms with Gasteiger partial charge in [0.05, 0.1) is 10.7 Å². The normalized spacial score (nSPS) is 24.4. The lowest BCUT2D eigenvalue weighted by Gasteiger charge is -2.22. The van der Waals surface area contributed by atoms with Gasteiger partial charge in [-0.2, -0.15) is 0 Å². The molecule has 2 nitrogen and oxygen atoms in total. The van der Waals surface area contributed by atoms with E-state index in [1.54, 1.807) is 4.88 Å². The Morgan fingerprint density at radius 3 is 2.65 bits per heavy atom. The number of aromatic nitrogens is 1. The molecule has 2 aliphatic rings. The van der Waals surface area contributed by atoms with Crippen LogP contribution in [0.2, 0.25) is 0 Å². The minimum atomic E-state index is 0.593. The maximum absolute atomic E-state index is 5.05. The highest BCUT2D eigenvalue weighted by Crippen LogP contribution is 2.40. The van der Waals surface area contributed by atoms with E-state index in [4.69, 9.17) is 4.98 Å². The predicted octanol–water partition coefficient (Wildman–Crippen LogP) is 4.96. The number of aryl methyl sites for hydroxylation is 1. The van der Waals surface area contributed by atoms with E-state index in [1.165, 1.54) is 74.9 Å². The van der Waals surface area contributed by atoms with Crippen molar-refractivity contribution in [2.45, 2.75) is 83.1 Å². The summed E-state index contributed by atoms with van der Waals surface area (Å²) in [6, 6.07) is 0.593. The van der Waals surface area contributed by atoms with Crippen molar-refractivity contribution in [3.8, 4) is 0 Å². The summed E-state index contributed by atoms with van der Waals surface area (Å²) >= 11 is 2.04. The maximum atomic E-state index is 5.05. The number of fused-ring (bicyclic) bond motifs is 1. The molecule has 20 heavy (non-hydrogen) atoms. The number of hydrogen-bond acceptors (Lipinski definition) is 3. The van der Waals surface area contributed by atoms with Crippen molar-refractivity contribution in [1.29, 1.82) is 0 Å². The zero-order valence-corrected chi connectivity index (χ0v) is 13.6. The Hall–Kier alpha value is -0.410. The van der Waals surface area contributed by atoms with Gasteiger partial charge in [-0.25, -0.2) is 4.98 Å². The molecular formula is C17H28N2S. The van der Waals surface area contributed by atoms with E-state index in [0.29, 0.717) is 6.04 Å². The molecule has 0 saturated heterocycles. The molecule has 0 aliphatic heterocycles. The van der Waals surface area contributed by atoms with Crippen molar-refractivity contribution in [2.24, 2.45) is 0 Å². The van der Waals surface area contributed by atoms with Gasteiger partial charge in [-0.1, -0.05) is 32.6 Å². The van der Waals surface area contributed by atoms with Crippen molar-refractivity contribution in [1.82, 2.24) is 10.3 Å². The summed E-state index contributed by atoms with van der Waals surface area (Å²) in [4.78, 5) is 6.63. The van der Waals surface area contributed by atoms with Crippen LogP contribution in [-0.2, 0) is 6.42 Å². The van der Waals surface area contributed by atoms with Gasteiger partial charge < -0.3 is 5.32 Å². The lowest BCUT2D eigenvalue weighted by atomic mass is 9.97. The Morgan fingerprint density at radius 1 is 1.10 bits per heavy atom. The van der Waals surface area contributed by atoms with Crippen molar-refractivity contribution in [2.75, 3.05) is 6.54 Å². The summed E-state index contributed by atoms with van der Waals surface area (Å²) in [5.41, 5.74) is 1.43. The molecule has 0 aromatic carbocycles. The zero-order chi connectivity index (χ0) is 13.8. The van der Waals surface area contributed by atoms with Crippen LogP contribution in [0, 0.1) is 0 Å². The molecule has 112 valence electrons. The SMILES string of the molecule is CCCNC1CCCc2nc(C3CCCCCC3)sc21. The minimum absolute atomic E-state index is 0.593. The molecule has 3 rings (SSSR count). The standard InChI is InChI=1S/C17H28N2S/c1-2-12-18-14-10-7-11-15-16(14)20-17(19-15)13-8-5-3-4-6-9-13/h13-14,18H,2-12H2,1H3. The monoisotopic (exact) mass is 292 g/mol. The Labute approximate surface area is 127 Å². The molecule has 1 N–H and O–H groups in total. The topological polar surface area (TPSA) is 24.9 Å². The van der Waals surface area contributed by atoms with Crippen molar-refractivity contribution >= 4 is 11.3 Å². The van der Waals surface area contributed by atoms with E-state index >= 15 is 0 Å². The van der Waals surface area contributed by atoms with Gasteiger partial charge in [0.1, 0.15) is 0 Å². The van der Waals surface area contributed by atoms with Gasteiger partial charge in [0.15, 0.2) is 0 Å². The van der Waals surface area contributed by atoms with Crippen LogP contribution in [-0.4, -0.2) is 11.5 Å². The molecule has 0 spiro atoms. The van der Waals surface area contributed by atoms with E-state index in [9.17, 15) is 0 Å². The molecule has 2 aliphatic carbocycles. The molecule has 1 aromatic heterocycles. The molecule has 1 aromatic rings. The molecule has 0 bridgehead atoms. The fourth-order valence-corrected chi connectivity index (χ4v) is 5.05. The second kappa shape index (κ2) is 7.04. The zero-order valence-electron chi connectivity index (χ0n) is 12.8. The third kappa shape index (κ3) is 3.25. The Morgan fingerprint density at radius 2 is 1.90 bits per heavy atom. The largest absolute Gasteiger partial charge is 0.309 e. The number of nitrogens with zero attached hydrogens (tertiary/aromatic N) is 1. The van der Waals surface area contributed by atoms with Crippen LogP contribution in [0.15, 0.2) is 0 Å². The lowest BCUT2D eigenvalue weighted by molar-refractivity contribution is 0.464. The summed E-state index contributed by atoms with van der Waals surface area (Å²) < 4.78 is 0. The van der Waals surface area contributed by atoms with Crippen LogP contribution < -0.4 is 5.32 Å². The van der Waals surface area contributed by atoms with Gasteiger partial charge in [0.2, 0.25) is 0 Å². The fourth-order valence-electron chi connectivity index (χ4n) is 3.65. The van der Waals surface area contributed by atoms with Crippen LogP contribution in [0.4, 0.5) is 0 Å². The summed E-state index contributed by atoms with van der Waals surface area (Å²) in [6.45, 7) is 3.39. The molecule has 1 fully saturated rings. The first kappa shape index (κ1) is 14.5. The molecule has 0 amide bonds. The first-order valence-corrected chi connectivity index (χ1v) is 9.43. The van der Waals surface area contributed by atoms with Crippen LogP contribution in [0.5, 0.6) is 0 Å². The van der Waals surface area contributed by atoms with E-state index < -0.39 is 0 Å². The molecule has 1 saturated carbocycles. The molecule has 0 radical (unpaired) electrons. The molecule has 1 unspecified atom stereocenters. The van der Waals surface area contributed by atoms with Gasteiger partial charge >= 0.3 is 0 Å². The van der Waals surface area contributed by atoms with Crippen molar-refractivity contribution < 1.29 is 0 Å². The predicted molar refractivity (Wildman–Crippen MR) is 86.5 cm³/mol. The number of thiazole rings is 1. The Balaban J connectivity index is 1.75. The van der Waals surface area contributed by atoms with Gasteiger partial charge in [-0.15, -0.1) is 11.3 Å². The average Bonchev–Trinajstić information content (AvgIpc) is 2.72. The first-order chi connectivity index (χ1) is 9.88. The van der Waals surface area contributed by atoms with E-state index in [-0.39, 0.29) is 0 Å². The number of nitrogens with one attached hydrogen (secondary N) is 1. The molecule has 1 atom stereocenters. The van der Waals surface area contributed by atoms with Crippen LogP contribution in [0.3, 0.4) is 0 Å². The third-order valence-corrected chi connectivity index (χ3v) is 6.19. The highest BCUT2D eigenvalue weighted by molar-refractivity contribution is 7.12. The van der Waals surface area contributed by atoms with E-state index in [1.807, 2.05) is 11.3 Å².